The Bertz CT molecular complexity index is 747. The standard InChI is InChI=1S/C16H11ClO3/c1-9-13(18)7-6-11-15(19)14(20-16(9)11)8-10-4-2-3-5-12(10)17/h2-8,18H,1H3/b14-8-. The van der Waals surface area contributed by atoms with E-state index in [1.54, 1.807) is 31.2 Å². The third-order valence-corrected chi connectivity index (χ3v) is 3.59. The molecule has 4 heteroatoms. The molecule has 0 bridgehead atoms. The second kappa shape index (κ2) is 4.69. The number of ether oxygens (including phenoxy) is 1. The minimum absolute atomic E-state index is 0.107. The van der Waals surface area contributed by atoms with E-state index < -0.39 is 0 Å². The van der Waals surface area contributed by atoms with Gasteiger partial charge in [-0.25, -0.2) is 0 Å². The number of phenols is 1. The van der Waals surface area contributed by atoms with E-state index in [0.717, 1.165) is 0 Å². The van der Waals surface area contributed by atoms with Gasteiger partial charge in [-0.05, 0) is 36.8 Å². The minimum atomic E-state index is -0.206. The van der Waals surface area contributed by atoms with Gasteiger partial charge in [-0.2, -0.15) is 0 Å². The molecule has 1 heterocycles. The van der Waals surface area contributed by atoms with Crippen molar-refractivity contribution in [1.82, 2.24) is 0 Å². The van der Waals surface area contributed by atoms with E-state index in [2.05, 4.69) is 0 Å². The predicted octanol–water partition coefficient (Wildman–Crippen LogP) is 3.97. The number of hydrogen-bond acceptors (Lipinski definition) is 3. The van der Waals surface area contributed by atoms with Crippen molar-refractivity contribution < 1.29 is 14.6 Å². The summed E-state index contributed by atoms with van der Waals surface area (Å²) >= 11 is 6.07. The minimum Gasteiger partial charge on any atom is -0.508 e. The van der Waals surface area contributed by atoms with Gasteiger partial charge in [-0.3, -0.25) is 4.79 Å². The summed E-state index contributed by atoms with van der Waals surface area (Å²) in [5.74, 6) is 0.522. The van der Waals surface area contributed by atoms with Crippen LogP contribution in [0, 0.1) is 6.92 Å². The van der Waals surface area contributed by atoms with Crippen molar-refractivity contribution in [3.8, 4) is 11.5 Å². The zero-order valence-corrected chi connectivity index (χ0v) is 11.4. The Morgan fingerprint density at radius 1 is 1.20 bits per heavy atom. The lowest BCUT2D eigenvalue weighted by atomic mass is 10.1. The van der Waals surface area contributed by atoms with Gasteiger partial charge in [0, 0.05) is 10.6 Å². The van der Waals surface area contributed by atoms with E-state index in [-0.39, 0.29) is 17.3 Å². The van der Waals surface area contributed by atoms with Gasteiger partial charge in [0.1, 0.15) is 11.5 Å². The van der Waals surface area contributed by atoms with Crippen molar-refractivity contribution in [2.24, 2.45) is 0 Å². The highest BCUT2D eigenvalue weighted by Gasteiger charge is 2.29. The highest BCUT2D eigenvalue weighted by Crippen LogP contribution is 2.38. The molecule has 0 amide bonds. The number of halogens is 1. The van der Waals surface area contributed by atoms with Crippen LogP contribution in [0.4, 0.5) is 0 Å². The van der Waals surface area contributed by atoms with Gasteiger partial charge in [-0.1, -0.05) is 29.8 Å². The Balaban J connectivity index is 2.07. The Kier molecular flexibility index (Phi) is 2.99. The summed E-state index contributed by atoms with van der Waals surface area (Å²) in [6.45, 7) is 1.71. The lowest BCUT2D eigenvalue weighted by molar-refractivity contribution is 0.101. The summed E-state index contributed by atoms with van der Waals surface area (Å²) in [6.07, 6.45) is 1.61. The first-order valence-corrected chi connectivity index (χ1v) is 6.47. The molecule has 0 atom stereocenters. The van der Waals surface area contributed by atoms with Crippen molar-refractivity contribution in [2.75, 3.05) is 0 Å². The zero-order chi connectivity index (χ0) is 14.3. The van der Waals surface area contributed by atoms with Crippen molar-refractivity contribution in [1.29, 1.82) is 0 Å². The number of carbonyl (C=O) groups excluding carboxylic acids is 1. The Hall–Kier alpha value is -2.26. The maximum atomic E-state index is 12.3. The van der Waals surface area contributed by atoms with Gasteiger partial charge < -0.3 is 9.84 Å². The summed E-state index contributed by atoms with van der Waals surface area (Å²) in [5.41, 5.74) is 1.73. The van der Waals surface area contributed by atoms with Gasteiger partial charge in [0.25, 0.3) is 0 Å². The van der Waals surface area contributed by atoms with E-state index in [1.807, 2.05) is 12.1 Å². The number of carbonyl (C=O) groups is 1. The van der Waals surface area contributed by atoms with Crippen LogP contribution in [0.3, 0.4) is 0 Å². The molecule has 2 aromatic carbocycles. The second-order valence-electron chi connectivity index (χ2n) is 4.55. The largest absolute Gasteiger partial charge is 0.508 e. The molecular weight excluding hydrogens is 276 g/mol. The molecule has 1 aliphatic rings. The monoisotopic (exact) mass is 286 g/mol. The average molecular weight is 287 g/mol. The number of benzene rings is 2. The Labute approximate surface area is 121 Å². The van der Waals surface area contributed by atoms with E-state index in [9.17, 15) is 9.90 Å². The highest BCUT2D eigenvalue weighted by atomic mass is 35.5. The number of ketones is 1. The molecular formula is C16H11ClO3. The van der Waals surface area contributed by atoms with Gasteiger partial charge >= 0.3 is 0 Å². The van der Waals surface area contributed by atoms with Crippen LogP contribution in [-0.4, -0.2) is 10.9 Å². The van der Waals surface area contributed by atoms with E-state index in [1.165, 1.54) is 6.07 Å². The molecule has 0 aromatic heterocycles. The zero-order valence-electron chi connectivity index (χ0n) is 10.7. The molecule has 0 unspecified atom stereocenters. The molecule has 0 fully saturated rings. The van der Waals surface area contributed by atoms with E-state index in [4.69, 9.17) is 16.3 Å². The lowest BCUT2D eigenvalue weighted by Gasteiger charge is -2.04. The Morgan fingerprint density at radius 2 is 1.95 bits per heavy atom. The smallest absolute Gasteiger partial charge is 0.231 e. The normalized spacial score (nSPS) is 15.3. The fourth-order valence-corrected chi connectivity index (χ4v) is 2.30. The molecule has 0 aliphatic carbocycles. The SMILES string of the molecule is Cc1c(O)ccc2c1O/C(=C\c1ccccc1Cl)C2=O. The first-order valence-electron chi connectivity index (χ1n) is 6.09. The average Bonchev–Trinajstić information content (AvgIpc) is 2.75. The molecule has 0 spiro atoms. The second-order valence-corrected chi connectivity index (χ2v) is 4.95. The van der Waals surface area contributed by atoms with Crippen LogP contribution in [0.15, 0.2) is 42.2 Å². The summed E-state index contributed by atoms with van der Waals surface area (Å²) in [7, 11) is 0. The molecule has 20 heavy (non-hydrogen) atoms. The fourth-order valence-electron chi connectivity index (χ4n) is 2.11. The number of allylic oxidation sites excluding steroid dienone is 1. The number of phenolic OH excluding ortho intramolecular Hbond substituents is 1. The van der Waals surface area contributed by atoms with Crippen molar-refractivity contribution in [2.45, 2.75) is 6.92 Å². The van der Waals surface area contributed by atoms with E-state index >= 15 is 0 Å². The molecule has 0 radical (unpaired) electrons. The topological polar surface area (TPSA) is 46.5 Å². The summed E-state index contributed by atoms with van der Waals surface area (Å²) in [4.78, 5) is 12.3. The van der Waals surface area contributed by atoms with Gasteiger partial charge in [-0.15, -0.1) is 0 Å². The van der Waals surface area contributed by atoms with Crippen LogP contribution >= 0.6 is 11.6 Å². The number of Topliss-reactive ketones (excluding diaryl/α,β-unsaturated/α-hetero) is 1. The van der Waals surface area contributed by atoms with Crippen LogP contribution in [-0.2, 0) is 0 Å². The fraction of sp³-hybridized carbons (Fsp3) is 0.0625. The quantitative estimate of drug-likeness (QED) is 0.807. The molecule has 0 saturated carbocycles. The predicted molar refractivity (Wildman–Crippen MR) is 77.2 cm³/mol. The first-order chi connectivity index (χ1) is 9.58. The molecule has 1 aliphatic heterocycles. The molecule has 100 valence electrons. The molecule has 0 saturated heterocycles. The maximum absolute atomic E-state index is 12.3. The number of rotatable bonds is 1. The maximum Gasteiger partial charge on any atom is 0.231 e. The number of hydrogen-bond donors (Lipinski definition) is 1. The number of aromatic hydroxyl groups is 1. The summed E-state index contributed by atoms with van der Waals surface area (Å²) < 4.78 is 5.58. The van der Waals surface area contributed by atoms with Gasteiger partial charge in [0.2, 0.25) is 5.78 Å². The molecule has 1 N–H and O–H groups in total. The van der Waals surface area contributed by atoms with Gasteiger partial charge in [0.15, 0.2) is 5.76 Å². The lowest BCUT2D eigenvalue weighted by Crippen LogP contribution is -1.98. The van der Waals surface area contributed by atoms with Crippen LogP contribution in [0.2, 0.25) is 5.02 Å². The molecule has 3 nitrogen and oxygen atoms in total. The van der Waals surface area contributed by atoms with Crippen molar-refractivity contribution in [3.05, 3.63) is 63.9 Å². The third kappa shape index (κ3) is 1.96. The van der Waals surface area contributed by atoms with E-state index in [0.29, 0.717) is 27.5 Å². The van der Waals surface area contributed by atoms with Crippen LogP contribution < -0.4 is 4.74 Å². The van der Waals surface area contributed by atoms with Crippen LogP contribution in [0.1, 0.15) is 21.5 Å². The molecule has 3 rings (SSSR count). The highest BCUT2D eigenvalue weighted by molar-refractivity contribution is 6.32. The van der Waals surface area contributed by atoms with Crippen molar-refractivity contribution in [3.63, 3.8) is 0 Å². The molecule has 2 aromatic rings. The third-order valence-electron chi connectivity index (χ3n) is 3.25. The number of fused-ring (bicyclic) bond motifs is 1. The Morgan fingerprint density at radius 3 is 2.70 bits per heavy atom. The van der Waals surface area contributed by atoms with Crippen LogP contribution in [0.5, 0.6) is 11.5 Å². The summed E-state index contributed by atoms with van der Waals surface area (Å²) in [5, 5.41) is 10.2. The van der Waals surface area contributed by atoms with Gasteiger partial charge in [0.05, 0.1) is 5.56 Å². The van der Waals surface area contributed by atoms with Crippen LogP contribution in [0.25, 0.3) is 6.08 Å². The van der Waals surface area contributed by atoms with Crippen molar-refractivity contribution >= 4 is 23.5 Å². The summed E-state index contributed by atoms with van der Waals surface area (Å²) in [6, 6.07) is 10.3. The first kappa shape index (κ1) is 12.8.